The van der Waals surface area contributed by atoms with Gasteiger partial charge in [-0.3, -0.25) is 0 Å². The third-order valence-corrected chi connectivity index (χ3v) is 11.2. The smallest absolute Gasteiger partial charge is 0.126 e. The highest BCUT2D eigenvalue weighted by molar-refractivity contribution is 5.99. The van der Waals surface area contributed by atoms with Crippen LogP contribution in [0.4, 0.5) is 14.5 Å². The number of nitriles is 1. The first-order chi connectivity index (χ1) is 25.6. The highest BCUT2D eigenvalue weighted by atomic mass is 19.1. The number of hydrogen-bond donors (Lipinski definition) is 0. The SMILES string of the molecule is C=C(/C=C/C=C1/N(CCC)c2c(ccc3ccccc23)C1(C)Cc1ccc(C#N)cc1)C(C)(Cc1cc(F)cc(F)c1)c1ccc2ccccc2c1C. The maximum atomic E-state index is 14.5. The molecule has 0 N–H and O–H groups in total. The molecular formula is C49H44F2N2. The van der Waals surface area contributed by atoms with Crippen molar-refractivity contribution in [1.29, 1.82) is 5.26 Å². The van der Waals surface area contributed by atoms with E-state index < -0.39 is 17.0 Å². The number of anilines is 1. The predicted octanol–water partition coefficient (Wildman–Crippen LogP) is 12.4. The van der Waals surface area contributed by atoms with Crippen LogP contribution in [-0.4, -0.2) is 6.54 Å². The maximum absolute atomic E-state index is 14.5. The van der Waals surface area contributed by atoms with E-state index >= 15 is 0 Å². The van der Waals surface area contributed by atoms with Gasteiger partial charge in [0.1, 0.15) is 11.6 Å². The molecule has 0 spiro atoms. The summed E-state index contributed by atoms with van der Waals surface area (Å²) >= 11 is 0. The van der Waals surface area contributed by atoms with E-state index in [2.05, 4.69) is 136 Å². The standard InChI is InChI=1S/C49H44F2N2/c1-6-26-53-46(49(5,30-35-18-20-36(32-52)21-19-35)45-25-23-39-14-8-10-16-43(39)47(45)53)17-11-12-33(2)48(4,31-37-27-40(50)29-41(51)28-37)44-24-22-38-13-7-9-15-42(38)34(44)3/h7-25,27-29H,2,6,26,30-31H2,1,3-5H3/b12-11+,46-17+. The first-order valence-electron chi connectivity index (χ1n) is 18.4. The molecule has 0 aromatic heterocycles. The minimum Gasteiger partial charge on any atom is -0.343 e. The number of aryl methyl sites for hydroxylation is 1. The molecule has 7 rings (SSSR count). The summed E-state index contributed by atoms with van der Waals surface area (Å²) in [6.07, 6.45) is 8.50. The third kappa shape index (κ3) is 6.57. The molecule has 0 saturated heterocycles. The number of allylic oxidation sites excluding steroid dienone is 5. The molecule has 0 fully saturated rings. The molecule has 2 unspecified atom stereocenters. The molecule has 0 aliphatic carbocycles. The van der Waals surface area contributed by atoms with E-state index in [0.717, 1.165) is 58.5 Å². The molecule has 2 atom stereocenters. The molecule has 264 valence electrons. The summed E-state index contributed by atoms with van der Waals surface area (Å²) < 4.78 is 29.1. The van der Waals surface area contributed by atoms with E-state index in [9.17, 15) is 14.0 Å². The lowest BCUT2D eigenvalue weighted by molar-refractivity contribution is 0.546. The van der Waals surface area contributed by atoms with Gasteiger partial charge in [-0.2, -0.15) is 5.26 Å². The molecule has 0 bridgehead atoms. The summed E-state index contributed by atoms with van der Waals surface area (Å²) in [7, 11) is 0. The van der Waals surface area contributed by atoms with Gasteiger partial charge in [-0.05, 0) is 113 Å². The average Bonchev–Trinajstić information content (AvgIpc) is 3.38. The van der Waals surface area contributed by atoms with E-state index in [1.165, 1.54) is 39.9 Å². The van der Waals surface area contributed by atoms with Gasteiger partial charge in [-0.25, -0.2) is 8.78 Å². The Hall–Kier alpha value is -5.79. The van der Waals surface area contributed by atoms with Gasteiger partial charge in [0.15, 0.2) is 0 Å². The molecule has 4 heteroatoms. The van der Waals surface area contributed by atoms with Gasteiger partial charge in [0.25, 0.3) is 0 Å². The Balaban J connectivity index is 1.35. The van der Waals surface area contributed by atoms with Gasteiger partial charge >= 0.3 is 0 Å². The largest absolute Gasteiger partial charge is 0.343 e. The third-order valence-electron chi connectivity index (χ3n) is 11.2. The molecule has 0 saturated carbocycles. The van der Waals surface area contributed by atoms with Crippen LogP contribution in [0.5, 0.6) is 0 Å². The molecule has 0 amide bonds. The number of hydrogen-bond acceptors (Lipinski definition) is 2. The Morgan fingerprint density at radius 2 is 1.49 bits per heavy atom. The van der Waals surface area contributed by atoms with E-state index in [0.29, 0.717) is 17.5 Å². The molecule has 1 heterocycles. The second kappa shape index (κ2) is 14.3. The number of rotatable bonds is 10. The average molecular weight is 699 g/mol. The molecule has 1 aliphatic rings. The van der Waals surface area contributed by atoms with Gasteiger partial charge < -0.3 is 4.90 Å². The predicted molar refractivity (Wildman–Crippen MR) is 216 cm³/mol. The normalized spacial score (nSPS) is 17.4. The zero-order valence-corrected chi connectivity index (χ0v) is 30.9. The van der Waals surface area contributed by atoms with Gasteiger partial charge in [0.2, 0.25) is 0 Å². The Kier molecular flexibility index (Phi) is 9.62. The first-order valence-corrected chi connectivity index (χ1v) is 18.4. The number of benzene rings is 6. The molecule has 6 aromatic carbocycles. The second-order valence-electron chi connectivity index (χ2n) is 14.8. The van der Waals surface area contributed by atoms with Crippen molar-refractivity contribution < 1.29 is 8.78 Å². The Labute approximate surface area is 312 Å². The van der Waals surface area contributed by atoms with Crippen molar-refractivity contribution in [2.24, 2.45) is 0 Å². The molecule has 0 radical (unpaired) electrons. The highest BCUT2D eigenvalue weighted by Crippen LogP contribution is 2.52. The van der Waals surface area contributed by atoms with Crippen LogP contribution in [0.15, 0.2) is 151 Å². The van der Waals surface area contributed by atoms with Crippen molar-refractivity contribution in [2.75, 3.05) is 11.4 Å². The van der Waals surface area contributed by atoms with Crippen molar-refractivity contribution >= 4 is 27.2 Å². The van der Waals surface area contributed by atoms with Crippen LogP contribution >= 0.6 is 0 Å². The van der Waals surface area contributed by atoms with Crippen molar-refractivity contribution in [2.45, 2.75) is 57.8 Å². The molecular weight excluding hydrogens is 655 g/mol. The molecule has 1 aliphatic heterocycles. The molecule has 53 heavy (non-hydrogen) atoms. The van der Waals surface area contributed by atoms with Crippen LogP contribution in [0.2, 0.25) is 0 Å². The van der Waals surface area contributed by atoms with Crippen molar-refractivity contribution in [3.63, 3.8) is 0 Å². The lowest BCUT2D eigenvalue weighted by atomic mass is 9.70. The fraction of sp³-hybridized carbons (Fsp3) is 0.204. The van der Waals surface area contributed by atoms with E-state index in [1.54, 1.807) is 0 Å². The number of halogens is 2. The van der Waals surface area contributed by atoms with E-state index in [4.69, 9.17) is 0 Å². The van der Waals surface area contributed by atoms with Gasteiger partial charge in [-0.1, -0.05) is 118 Å². The quantitative estimate of drug-likeness (QED) is 0.133. The van der Waals surface area contributed by atoms with Crippen molar-refractivity contribution in [3.8, 4) is 6.07 Å². The van der Waals surface area contributed by atoms with Crippen LogP contribution in [-0.2, 0) is 23.7 Å². The lowest BCUT2D eigenvalue weighted by Gasteiger charge is -2.34. The zero-order chi connectivity index (χ0) is 37.3. The monoisotopic (exact) mass is 698 g/mol. The summed E-state index contributed by atoms with van der Waals surface area (Å²) in [5.74, 6) is -1.18. The van der Waals surface area contributed by atoms with Crippen molar-refractivity contribution in [3.05, 3.63) is 196 Å². The summed E-state index contributed by atoms with van der Waals surface area (Å²) in [6, 6.07) is 39.6. The van der Waals surface area contributed by atoms with E-state index in [-0.39, 0.29) is 5.41 Å². The fourth-order valence-electron chi connectivity index (χ4n) is 8.54. The number of nitrogens with zero attached hydrogens (tertiary/aromatic N) is 2. The van der Waals surface area contributed by atoms with Crippen LogP contribution < -0.4 is 4.90 Å². The second-order valence-corrected chi connectivity index (χ2v) is 14.8. The number of fused-ring (bicyclic) bond motifs is 4. The van der Waals surface area contributed by atoms with Crippen LogP contribution in [0.1, 0.15) is 60.6 Å². The van der Waals surface area contributed by atoms with Gasteiger partial charge in [0, 0.05) is 34.5 Å². The fourth-order valence-corrected chi connectivity index (χ4v) is 8.54. The van der Waals surface area contributed by atoms with E-state index in [1.807, 2.05) is 24.3 Å². The topological polar surface area (TPSA) is 27.0 Å². The summed E-state index contributed by atoms with van der Waals surface area (Å²) in [5, 5.41) is 14.2. The first kappa shape index (κ1) is 35.6. The Morgan fingerprint density at radius 3 is 2.17 bits per heavy atom. The lowest BCUT2D eigenvalue weighted by Crippen LogP contribution is -2.31. The summed E-state index contributed by atoms with van der Waals surface area (Å²) in [5.41, 5.74) is 8.08. The maximum Gasteiger partial charge on any atom is 0.126 e. The summed E-state index contributed by atoms with van der Waals surface area (Å²) in [4.78, 5) is 2.48. The summed E-state index contributed by atoms with van der Waals surface area (Å²) in [6.45, 7) is 14.3. The minimum atomic E-state index is -0.674. The van der Waals surface area contributed by atoms with Crippen LogP contribution in [0.25, 0.3) is 21.5 Å². The van der Waals surface area contributed by atoms with Crippen molar-refractivity contribution in [1.82, 2.24) is 0 Å². The van der Waals surface area contributed by atoms with Gasteiger partial charge in [0.05, 0.1) is 17.3 Å². The zero-order valence-electron chi connectivity index (χ0n) is 30.9. The van der Waals surface area contributed by atoms with Crippen LogP contribution in [0.3, 0.4) is 0 Å². The highest BCUT2D eigenvalue weighted by Gasteiger charge is 2.44. The minimum absolute atomic E-state index is 0.369. The van der Waals surface area contributed by atoms with Gasteiger partial charge in [-0.15, -0.1) is 0 Å². The van der Waals surface area contributed by atoms with Crippen LogP contribution in [0, 0.1) is 29.9 Å². The Morgan fingerprint density at radius 1 is 0.849 bits per heavy atom. The molecule has 6 aromatic rings. The Bertz CT molecular complexity index is 2450. The molecule has 2 nitrogen and oxygen atoms in total.